The SMILES string of the molecule is COc1cc2sc(C(=O)O)c(SCC3CCCCC3)c2cc1OC. The Kier molecular flexibility index (Phi) is 5.56. The van der Waals surface area contributed by atoms with Crippen LogP contribution in [-0.4, -0.2) is 31.0 Å². The van der Waals surface area contributed by atoms with Crippen LogP contribution in [0.1, 0.15) is 41.8 Å². The van der Waals surface area contributed by atoms with E-state index < -0.39 is 5.97 Å². The van der Waals surface area contributed by atoms with E-state index >= 15 is 0 Å². The van der Waals surface area contributed by atoms with E-state index in [1.807, 2.05) is 12.1 Å². The monoisotopic (exact) mass is 366 g/mol. The van der Waals surface area contributed by atoms with Gasteiger partial charge in [-0.3, -0.25) is 0 Å². The van der Waals surface area contributed by atoms with Gasteiger partial charge in [0.2, 0.25) is 0 Å². The molecule has 0 aliphatic heterocycles. The van der Waals surface area contributed by atoms with Crippen LogP contribution in [0.15, 0.2) is 17.0 Å². The molecule has 2 aromatic rings. The Bertz CT molecular complexity index is 732. The lowest BCUT2D eigenvalue weighted by atomic mass is 9.91. The average molecular weight is 367 g/mol. The van der Waals surface area contributed by atoms with Crippen molar-refractivity contribution in [3.05, 3.63) is 17.0 Å². The number of fused-ring (bicyclic) bond motifs is 1. The lowest BCUT2D eigenvalue weighted by molar-refractivity contribution is 0.0699. The van der Waals surface area contributed by atoms with Crippen LogP contribution in [0.3, 0.4) is 0 Å². The van der Waals surface area contributed by atoms with Gasteiger partial charge in [-0.05, 0) is 24.8 Å². The Balaban J connectivity index is 1.96. The molecule has 1 aliphatic rings. The molecule has 3 rings (SSSR count). The van der Waals surface area contributed by atoms with Crippen LogP contribution in [0.25, 0.3) is 10.1 Å². The van der Waals surface area contributed by atoms with Crippen LogP contribution < -0.4 is 9.47 Å². The zero-order valence-electron chi connectivity index (χ0n) is 14.0. The third-order valence-electron chi connectivity index (χ3n) is 4.53. The van der Waals surface area contributed by atoms with E-state index in [0.717, 1.165) is 20.7 Å². The molecule has 0 atom stereocenters. The molecule has 1 aliphatic carbocycles. The van der Waals surface area contributed by atoms with Gasteiger partial charge < -0.3 is 14.6 Å². The van der Waals surface area contributed by atoms with Crippen LogP contribution in [0.2, 0.25) is 0 Å². The molecule has 1 saturated carbocycles. The topological polar surface area (TPSA) is 55.8 Å². The van der Waals surface area contributed by atoms with Gasteiger partial charge in [-0.15, -0.1) is 23.1 Å². The van der Waals surface area contributed by atoms with Crippen molar-refractivity contribution in [2.45, 2.75) is 37.0 Å². The lowest BCUT2D eigenvalue weighted by Gasteiger charge is -2.21. The number of hydrogen-bond acceptors (Lipinski definition) is 5. The summed E-state index contributed by atoms with van der Waals surface area (Å²) >= 11 is 3.00. The number of aromatic carboxylic acids is 1. The molecular formula is C18H22O4S2. The molecule has 0 amide bonds. The fourth-order valence-electron chi connectivity index (χ4n) is 3.24. The van der Waals surface area contributed by atoms with Crippen molar-refractivity contribution in [1.29, 1.82) is 0 Å². The first-order valence-electron chi connectivity index (χ1n) is 8.18. The number of benzene rings is 1. The molecule has 0 spiro atoms. The maximum absolute atomic E-state index is 11.7. The number of hydrogen-bond donors (Lipinski definition) is 1. The minimum atomic E-state index is -0.861. The van der Waals surface area contributed by atoms with Crippen molar-refractivity contribution in [3.63, 3.8) is 0 Å². The average Bonchev–Trinajstić information content (AvgIpc) is 2.97. The predicted octanol–water partition coefficient (Wildman–Crippen LogP) is 5.29. The summed E-state index contributed by atoms with van der Waals surface area (Å²) in [5.41, 5.74) is 0. The van der Waals surface area contributed by atoms with E-state index in [1.165, 1.54) is 43.4 Å². The number of thioether (sulfide) groups is 1. The first-order valence-corrected chi connectivity index (χ1v) is 9.99. The number of methoxy groups -OCH3 is 2. The fraction of sp³-hybridized carbons (Fsp3) is 0.500. The predicted molar refractivity (Wildman–Crippen MR) is 99.2 cm³/mol. The molecule has 0 saturated heterocycles. The highest BCUT2D eigenvalue weighted by atomic mass is 32.2. The summed E-state index contributed by atoms with van der Waals surface area (Å²) in [4.78, 5) is 13.0. The van der Waals surface area contributed by atoms with Crippen molar-refractivity contribution in [1.82, 2.24) is 0 Å². The molecule has 0 unspecified atom stereocenters. The first-order chi connectivity index (χ1) is 11.6. The second-order valence-corrected chi connectivity index (χ2v) is 8.17. The maximum atomic E-state index is 11.7. The molecule has 1 aromatic heterocycles. The highest BCUT2D eigenvalue weighted by molar-refractivity contribution is 7.99. The van der Waals surface area contributed by atoms with E-state index in [4.69, 9.17) is 9.47 Å². The summed E-state index contributed by atoms with van der Waals surface area (Å²) < 4.78 is 11.7. The Morgan fingerprint density at radius 2 is 1.88 bits per heavy atom. The van der Waals surface area contributed by atoms with Gasteiger partial charge in [-0.25, -0.2) is 4.79 Å². The van der Waals surface area contributed by atoms with Crippen LogP contribution in [0.4, 0.5) is 0 Å². The van der Waals surface area contributed by atoms with Gasteiger partial charge in [0.15, 0.2) is 11.5 Å². The van der Waals surface area contributed by atoms with Crippen molar-refractivity contribution >= 4 is 39.2 Å². The van der Waals surface area contributed by atoms with E-state index in [-0.39, 0.29) is 0 Å². The van der Waals surface area contributed by atoms with Crippen LogP contribution >= 0.6 is 23.1 Å². The lowest BCUT2D eigenvalue weighted by Crippen LogP contribution is -2.08. The van der Waals surface area contributed by atoms with E-state index in [2.05, 4.69) is 0 Å². The number of ether oxygens (including phenoxy) is 2. The molecule has 1 heterocycles. The summed E-state index contributed by atoms with van der Waals surface area (Å²) in [6.45, 7) is 0. The normalized spacial score (nSPS) is 15.6. The van der Waals surface area contributed by atoms with Gasteiger partial charge >= 0.3 is 5.97 Å². The molecule has 24 heavy (non-hydrogen) atoms. The number of rotatable bonds is 6. The zero-order chi connectivity index (χ0) is 17.1. The van der Waals surface area contributed by atoms with E-state index in [9.17, 15) is 9.90 Å². The minimum Gasteiger partial charge on any atom is -0.493 e. The smallest absolute Gasteiger partial charge is 0.347 e. The van der Waals surface area contributed by atoms with Crippen molar-refractivity contribution in [2.75, 3.05) is 20.0 Å². The van der Waals surface area contributed by atoms with E-state index in [1.54, 1.807) is 26.0 Å². The maximum Gasteiger partial charge on any atom is 0.347 e. The Morgan fingerprint density at radius 3 is 2.50 bits per heavy atom. The van der Waals surface area contributed by atoms with Crippen LogP contribution in [0, 0.1) is 5.92 Å². The number of thiophene rings is 1. The molecule has 0 bridgehead atoms. The van der Waals surface area contributed by atoms with Crippen molar-refractivity contribution < 1.29 is 19.4 Å². The molecule has 1 fully saturated rings. The number of carbonyl (C=O) groups is 1. The minimum absolute atomic E-state index is 0.418. The van der Waals surface area contributed by atoms with Gasteiger partial charge in [0.25, 0.3) is 0 Å². The van der Waals surface area contributed by atoms with Gasteiger partial charge in [-0.2, -0.15) is 0 Å². The summed E-state index contributed by atoms with van der Waals surface area (Å²) in [7, 11) is 3.19. The van der Waals surface area contributed by atoms with E-state index in [0.29, 0.717) is 22.3 Å². The summed E-state index contributed by atoms with van der Waals surface area (Å²) in [6, 6.07) is 3.77. The van der Waals surface area contributed by atoms with Crippen LogP contribution in [0.5, 0.6) is 11.5 Å². The Morgan fingerprint density at radius 1 is 1.21 bits per heavy atom. The summed E-state index contributed by atoms with van der Waals surface area (Å²) in [6.07, 6.45) is 6.45. The van der Waals surface area contributed by atoms with Gasteiger partial charge in [0.05, 0.1) is 14.2 Å². The molecule has 1 aromatic carbocycles. The summed E-state index contributed by atoms with van der Waals surface area (Å²) in [5.74, 6) is 2.09. The molecular weight excluding hydrogens is 344 g/mol. The van der Waals surface area contributed by atoms with Gasteiger partial charge in [0, 0.05) is 26.8 Å². The molecule has 4 nitrogen and oxygen atoms in total. The number of carboxylic acid groups (broad SMARTS) is 1. The Labute approximate surface area is 150 Å². The quantitative estimate of drug-likeness (QED) is 0.704. The number of carboxylic acids is 1. The second kappa shape index (κ2) is 7.66. The Hall–Kier alpha value is -1.40. The molecule has 6 heteroatoms. The molecule has 1 N–H and O–H groups in total. The second-order valence-electron chi connectivity index (χ2n) is 6.08. The third-order valence-corrected chi connectivity index (χ3v) is 7.15. The van der Waals surface area contributed by atoms with Crippen molar-refractivity contribution in [2.24, 2.45) is 5.92 Å². The zero-order valence-corrected chi connectivity index (χ0v) is 15.6. The highest BCUT2D eigenvalue weighted by Gasteiger charge is 2.22. The molecule has 0 radical (unpaired) electrons. The molecule has 130 valence electrons. The largest absolute Gasteiger partial charge is 0.493 e. The summed E-state index contributed by atoms with van der Waals surface area (Å²) in [5, 5.41) is 10.5. The standard InChI is InChI=1S/C18H22O4S2/c1-21-13-8-12-15(9-14(13)22-2)24-17(18(19)20)16(12)23-10-11-6-4-3-5-7-11/h8-9,11H,3-7,10H2,1-2H3,(H,19,20). The fourth-order valence-corrected chi connectivity index (χ4v) is 5.83. The van der Waals surface area contributed by atoms with Gasteiger partial charge in [-0.1, -0.05) is 19.3 Å². The van der Waals surface area contributed by atoms with Crippen LogP contribution in [-0.2, 0) is 0 Å². The first kappa shape index (κ1) is 17.4. The highest BCUT2D eigenvalue weighted by Crippen LogP contribution is 2.44. The third kappa shape index (κ3) is 3.49. The van der Waals surface area contributed by atoms with Gasteiger partial charge in [0.1, 0.15) is 4.88 Å². The van der Waals surface area contributed by atoms with Crippen molar-refractivity contribution in [3.8, 4) is 11.5 Å².